The number of carbonyl (C=O) groups is 2. The third-order valence-corrected chi connectivity index (χ3v) is 2.95. The van der Waals surface area contributed by atoms with Gasteiger partial charge in [0, 0.05) is 25.2 Å². The van der Waals surface area contributed by atoms with Gasteiger partial charge in [0.25, 0.3) is 0 Å². The summed E-state index contributed by atoms with van der Waals surface area (Å²) in [4.78, 5) is 19.1. The van der Waals surface area contributed by atoms with Gasteiger partial charge in [-0.2, -0.15) is 0 Å². The summed E-state index contributed by atoms with van der Waals surface area (Å²) in [7, 11) is 0. The molecule has 1 saturated heterocycles. The Kier molecular flexibility index (Phi) is 10.9. The van der Waals surface area contributed by atoms with Gasteiger partial charge in [0.2, 0.25) is 0 Å². The van der Waals surface area contributed by atoms with Crippen molar-refractivity contribution < 1.29 is 34.0 Å². The fourth-order valence-corrected chi connectivity index (χ4v) is 1.84. The normalized spacial score (nSPS) is 16.9. The second-order valence-corrected chi connectivity index (χ2v) is 5.03. The van der Waals surface area contributed by atoms with Gasteiger partial charge >= 0.3 is 11.9 Å². The molecule has 0 saturated carbocycles. The number of hydrogen-bond donors (Lipinski definition) is 3. The van der Waals surface area contributed by atoms with Crippen molar-refractivity contribution in [3.8, 4) is 0 Å². The molecule has 1 aromatic carbocycles. The molecule has 1 aliphatic heterocycles. The van der Waals surface area contributed by atoms with E-state index in [1.165, 1.54) is 0 Å². The summed E-state index contributed by atoms with van der Waals surface area (Å²) in [5, 5.41) is 18.9. The topological polar surface area (TPSA) is 114 Å². The fourth-order valence-electron chi connectivity index (χ4n) is 1.84. The lowest BCUT2D eigenvalue weighted by molar-refractivity contribution is -0.134. The molecule has 1 aromatic rings. The van der Waals surface area contributed by atoms with Gasteiger partial charge in [-0.3, -0.25) is 0 Å². The summed E-state index contributed by atoms with van der Waals surface area (Å²) in [6.45, 7) is 4.04. The lowest BCUT2D eigenvalue weighted by atomic mass is 10.2. The number of ether oxygens (including phenoxy) is 3. The Balaban J connectivity index is 0.000000333. The SMILES string of the molecule is O=C(O)C=CC(=O)O.c1ccc(COCOCC2CNCCO2)cc1. The van der Waals surface area contributed by atoms with Gasteiger partial charge in [-0.1, -0.05) is 30.3 Å². The van der Waals surface area contributed by atoms with E-state index in [1.54, 1.807) is 0 Å². The van der Waals surface area contributed by atoms with E-state index in [1.807, 2.05) is 30.3 Å². The Labute approximate surface area is 146 Å². The van der Waals surface area contributed by atoms with Crippen LogP contribution < -0.4 is 5.32 Å². The van der Waals surface area contributed by atoms with Gasteiger partial charge in [-0.15, -0.1) is 0 Å². The average molecular weight is 353 g/mol. The molecule has 3 N–H and O–H groups in total. The third kappa shape index (κ3) is 11.8. The van der Waals surface area contributed by atoms with E-state index in [2.05, 4.69) is 5.32 Å². The molecule has 1 aliphatic rings. The summed E-state index contributed by atoms with van der Waals surface area (Å²) in [5.74, 6) is -2.51. The van der Waals surface area contributed by atoms with Crippen LogP contribution in [0.25, 0.3) is 0 Å². The van der Waals surface area contributed by atoms with Gasteiger partial charge in [0.05, 0.1) is 25.9 Å². The molecule has 0 amide bonds. The van der Waals surface area contributed by atoms with E-state index in [-0.39, 0.29) is 6.10 Å². The number of rotatable bonds is 8. The number of carboxylic acids is 2. The minimum Gasteiger partial charge on any atom is -0.478 e. The molecule has 8 heteroatoms. The van der Waals surface area contributed by atoms with Gasteiger partial charge in [-0.25, -0.2) is 9.59 Å². The second kappa shape index (κ2) is 13.1. The van der Waals surface area contributed by atoms with Crippen LogP contribution in [0.1, 0.15) is 5.56 Å². The van der Waals surface area contributed by atoms with Crippen LogP contribution in [-0.2, 0) is 30.4 Å². The summed E-state index contributed by atoms with van der Waals surface area (Å²) in [6, 6.07) is 10.1. The first-order valence-electron chi connectivity index (χ1n) is 7.73. The number of carboxylic acid groups (broad SMARTS) is 2. The summed E-state index contributed by atoms with van der Waals surface area (Å²) < 4.78 is 16.3. The third-order valence-electron chi connectivity index (χ3n) is 2.95. The zero-order chi connectivity index (χ0) is 18.3. The molecule has 2 rings (SSSR count). The Morgan fingerprint density at radius 3 is 2.40 bits per heavy atom. The number of hydrogen-bond acceptors (Lipinski definition) is 6. The molecule has 25 heavy (non-hydrogen) atoms. The van der Waals surface area contributed by atoms with Crippen LogP contribution in [-0.4, -0.2) is 61.4 Å². The van der Waals surface area contributed by atoms with Crippen LogP contribution in [0.2, 0.25) is 0 Å². The Morgan fingerprint density at radius 2 is 1.84 bits per heavy atom. The minimum atomic E-state index is -1.26. The predicted molar refractivity (Wildman–Crippen MR) is 89.1 cm³/mol. The van der Waals surface area contributed by atoms with Crippen molar-refractivity contribution in [3.05, 3.63) is 48.0 Å². The first-order valence-corrected chi connectivity index (χ1v) is 7.73. The maximum absolute atomic E-state index is 9.55. The zero-order valence-electron chi connectivity index (χ0n) is 13.8. The molecule has 0 bridgehead atoms. The molecule has 1 heterocycles. The summed E-state index contributed by atoms with van der Waals surface area (Å²) in [6.07, 6.45) is 1.27. The highest BCUT2D eigenvalue weighted by atomic mass is 16.7. The zero-order valence-corrected chi connectivity index (χ0v) is 13.8. The van der Waals surface area contributed by atoms with Gasteiger partial charge in [0.15, 0.2) is 0 Å². The second-order valence-electron chi connectivity index (χ2n) is 5.03. The van der Waals surface area contributed by atoms with E-state index in [0.717, 1.165) is 25.3 Å². The van der Waals surface area contributed by atoms with E-state index in [4.69, 9.17) is 24.4 Å². The van der Waals surface area contributed by atoms with Crippen molar-refractivity contribution in [2.24, 2.45) is 0 Å². The number of nitrogens with one attached hydrogen (secondary N) is 1. The van der Waals surface area contributed by atoms with E-state index in [9.17, 15) is 9.59 Å². The number of benzene rings is 1. The van der Waals surface area contributed by atoms with E-state index < -0.39 is 11.9 Å². The van der Waals surface area contributed by atoms with Gasteiger partial charge < -0.3 is 29.7 Å². The molecule has 0 aliphatic carbocycles. The van der Waals surface area contributed by atoms with Gasteiger partial charge in [0.1, 0.15) is 6.79 Å². The maximum Gasteiger partial charge on any atom is 0.328 e. The lowest BCUT2D eigenvalue weighted by Gasteiger charge is -2.23. The van der Waals surface area contributed by atoms with Crippen molar-refractivity contribution in [2.75, 3.05) is 33.1 Å². The van der Waals surface area contributed by atoms with Crippen LogP contribution in [0.4, 0.5) is 0 Å². The van der Waals surface area contributed by atoms with Crippen molar-refractivity contribution in [1.29, 1.82) is 0 Å². The fraction of sp³-hybridized carbons (Fsp3) is 0.412. The van der Waals surface area contributed by atoms with Crippen LogP contribution in [0.3, 0.4) is 0 Å². The quantitative estimate of drug-likeness (QED) is 0.358. The average Bonchev–Trinajstić information content (AvgIpc) is 2.62. The monoisotopic (exact) mass is 353 g/mol. The van der Waals surface area contributed by atoms with Crippen LogP contribution in [0, 0.1) is 0 Å². The maximum atomic E-state index is 9.55. The summed E-state index contributed by atoms with van der Waals surface area (Å²) in [5.41, 5.74) is 1.16. The molecular weight excluding hydrogens is 330 g/mol. The van der Waals surface area contributed by atoms with Crippen LogP contribution in [0.5, 0.6) is 0 Å². The number of morpholine rings is 1. The van der Waals surface area contributed by atoms with Crippen molar-refractivity contribution in [2.45, 2.75) is 12.7 Å². The highest BCUT2D eigenvalue weighted by Gasteiger charge is 2.12. The van der Waals surface area contributed by atoms with E-state index in [0.29, 0.717) is 32.2 Å². The lowest BCUT2D eigenvalue weighted by Crippen LogP contribution is -2.41. The van der Waals surface area contributed by atoms with Crippen LogP contribution in [0.15, 0.2) is 42.5 Å². The van der Waals surface area contributed by atoms with Crippen molar-refractivity contribution >= 4 is 11.9 Å². The Hall–Kier alpha value is -2.26. The van der Waals surface area contributed by atoms with Crippen molar-refractivity contribution in [1.82, 2.24) is 5.32 Å². The van der Waals surface area contributed by atoms with Crippen LogP contribution >= 0.6 is 0 Å². The van der Waals surface area contributed by atoms with Gasteiger partial charge in [-0.05, 0) is 5.56 Å². The molecule has 138 valence electrons. The minimum absolute atomic E-state index is 0.157. The molecule has 1 fully saturated rings. The standard InChI is InChI=1S/C13H19NO3.C4H4O4/c1-2-4-12(5-3-1)9-15-11-16-10-13-8-14-6-7-17-13;5-3(6)1-2-4(7)8/h1-5,13-14H,6-11H2;1-2H,(H,5,6)(H,7,8). The molecule has 1 unspecified atom stereocenters. The highest BCUT2D eigenvalue weighted by molar-refractivity contribution is 5.89. The highest BCUT2D eigenvalue weighted by Crippen LogP contribution is 2.01. The molecule has 0 spiro atoms. The Morgan fingerprint density at radius 1 is 1.16 bits per heavy atom. The molecule has 1 atom stereocenters. The molecular formula is C17H23NO7. The first kappa shape index (κ1) is 20.8. The molecule has 0 radical (unpaired) electrons. The summed E-state index contributed by atoms with van der Waals surface area (Å²) >= 11 is 0. The van der Waals surface area contributed by atoms with E-state index >= 15 is 0 Å². The number of aliphatic carboxylic acids is 2. The molecule has 8 nitrogen and oxygen atoms in total. The van der Waals surface area contributed by atoms with Crippen molar-refractivity contribution in [3.63, 3.8) is 0 Å². The smallest absolute Gasteiger partial charge is 0.328 e. The largest absolute Gasteiger partial charge is 0.478 e. The predicted octanol–water partition coefficient (Wildman–Crippen LogP) is 0.878. The molecule has 0 aromatic heterocycles. The Bertz CT molecular complexity index is 511. The first-order chi connectivity index (χ1) is 12.1.